The zero-order valence-corrected chi connectivity index (χ0v) is 15.2. The minimum absolute atomic E-state index is 0.369. The van der Waals surface area contributed by atoms with Crippen LogP contribution in [-0.4, -0.2) is 32.4 Å². The molecule has 0 N–H and O–H groups in total. The van der Waals surface area contributed by atoms with Gasteiger partial charge in [0.2, 0.25) is 0 Å². The summed E-state index contributed by atoms with van der Waals surface area (Å²) in [6.45, 7) is 1.89. The minimum Gasteiger partial charge on any atom is -0.465 e. The fourth-order valence-corrected chi connectivity index (χ4v) is 3.11. The number of imidazole rings is 1. The number of aryl methyl sites for hydroxylation is 1. The molecule has 7 nitrogen and oxygen atoms in total. The van der Waals surface area contributed by atoms with Crippen LogP contribution in [0.4, 0.5) is 0 Å². The van der Waals surface area contributed by atoms with Gasteiger partial charge in [-0.1, -0.05) is 6.07 Å². The number of pyridine rings is 3. The molecule has 0 aliphatic heterocycles. The summed E-state index contributed by atoms with van der Waals surface area (Å²) in [6, 6.07) is 13.0. The summed E-state index contributed by atoms with van der Waals surface area (Å²) >= 11 is 0. The van der Waals surface area contributed by atoms with Crippen LogP contribution in [0.3, 0.4) is 0 Å². The molecule has 0 bridgehead atoms. The molecule has 0 saturated carbocycles. The Bertz CT molecular complexity index is 1250. The average molecular weight is 369 g/mol. The molecular formula is C21H15N5O2. The Labute approximate surface area is 160 Å². The molecular weight excluding hydrogens is 354 g/mol. The zero-order valence-electron chi connectivity index (χ0n) is 15.2. The van der Waals surface area contributed by atoms with Crippen molar-refractivity contribution in [3.8, 4) is 28.6 Å². The fourth-order valence-electron chi connectivity index (χ4n) is 3.11. The first-order valence-electron chi connectivity index (χ1n) is 8.51. The number of hydrogen-bond acceptors (Lipinski definition) is 6. The van der Waals surface area contributed by atoms with Crippen LogP contribution in [0.2, 0.25) is 0 Å². The lowest BCUT2D eigenvalue weighted by Gasteiger charge is -2.13. The van der Waals surface area contributed by atoms with Crippen molar-refractivity contribution >= 4 is 11.6 Å². The highest BCUT2D eigenvalue weighted by molar-refractivity contribution is 6.00. The maximum absolute atomic E-state index is 12.5. The van der Waals surface area contributed by atoms with Crippen molar-refractivity contribution in [1.29, 1.82) is 5.26 Å². The third kappa shape index (κ3) is 2.87. The van der Waals surface area contributed by atoms with Gasteiger partial charge in [0.25, 0.3) is 0 Å². The van der Waals surface area contributed by atoms with Crippen molar-refractivity contribution in [3.63, 3.8) is 0 Å². The van der Waals surface area contributed by atoms with Crippen LogP contribution in [0.25, 0.3) is 28.2 Å². The van der Waals surface area contributed by atoms with Gasteiger partial charge in [0, 0.05) is 29.2 Å². The maximum atomic E-state index is 12.5. The van der Waals surface area contributed by atoms with Crippen molar-refractivity contribution < 1.29 is 9.53 Å². The molecule has 0 aliphatic rings. The highest BCUT2D eigenvalue weighted by atomic mass is 16.5. The third-order valence-electron chi connectivity index (χ3n) is 4.40. The Kier molecular flexibility index (Phi) is 4.30. The van der Waals surface area contributed by atoms with Crippen LogP contribution < -0.4 is 0 Å². The first-order valence-corrected chi connectivity index (χ1v) is 8.51. The van der Waals surface area contributed by atoms with Crippen LogP contribution in [0.15, 0.2) is 55.0 Å². The number of methoxy groups -OCH3 is 1. The fraction of sp³-hybridized carbons (Fsp3) is 0.0952. The smallest absolute Gasteiger partial charge is 0.338 e. The number of esters is 1. The molecule has 0 aromatic carbocycles. The van der Waals surface area contributed by atoms with E-state index in [1.54, 1.807) is 28.9 Å². The van der Waals surface area contributed by atoms with Gasteiger partial charge in [0.05, 0.1) is 30.3 Å². The molecule has 7 heteroatoms. The van der Waals surface area contributed by atoms with Gasteiger partial charge in [-0.05, 0) is 37.3 Å². The molecule has 4 rings (SSSR count). The van der Waals surface area contributed by atoms with Crippen molar-refractivity contribution in [3.05, 3.63) is 71.9 Å². The van der Waals surface area contributed by atoms with Crippen molar-refractivity contribution in [2.45, 2.75) is 6.92 Å². The Morgan fingerprint density at radius 2 is 2.04 bits per heavy atom. The molecule has 0 radical (unpaired) electrons. The number of hydrogen-bond donors (Lipinski definition) is 0. The second-order valence-corrected chi connectivity index (χ2v) is 6.14. The van der Waals surface area contributed by atoms with Crippen LogP contribution in [0, 0.1) is 18.3 Å². The highest BCUT2D eigenvalue weighted by Gasteiger charge is 2.21. The van der Waals surface area contributed by atoms with Gasteiger partial charge in [0.1, 0.15) is 17.4 Å². The average Bonchev–Trinajstić information content (AvgIpc) is 3.15. The van der Waals surface area contributed by atoms with Gasteiger partial charge in [-0.2, -0.15) is 5.26 Å². The van der Waals surface area contributed by atoms with Gasteiger partial charge in [-0.15, -0.1) is 0 Å². The van der Waals surface area contributed by atoms with Crippen LogP contribution in [0.1, 0.15) is 21.7 Å². The van der Waals surface area contributed by atoms with E-state index in [0.717, 1.165) is 5.69 Å². The van der Waals surface area contributed by atoms with Gasteiger partial charge >= 0.3 is 5.97 Å². The monoisotopic (exact) mass is 369 g/mol. The molecule has 136 valence electrons. The Balaban J connectivity index is 2.04. The van der Waals surface area contributed by atoms with E-state index in [2.05, 4.69) is 21.0 Å². The lowest BCUT2D eigenvalue weighted by molar-refractivity contribution is 0.0601. The van der Waals surface area contributed by atoms with Gasteiger partial charge in [-0.25, -0.2) is 9.78 Å². The lowest BCUT2D eigenvalue weighted by atomic mass is 9.97. The summed E-state index contributed by atoms with van der Waals surface area (Å²) in [5.41, 5.74) is 4.74. The van der Waals surface area contributed by atoms with Crippen molar-refractivity contribution in [1.82, 2.24) is 19.4 Å². The standard InChI is InChI=1S/C21H15N5O2/c1-13-4-3-5-17(25-13)20-19(16(8-9-23-20)21(27)28-2)14-6-7-18-24-11-15(10-22)26(18)12-14/h3-9,11-12H,1-2H3. The van der Waals surface area contributed by atoms with Crippen LogP contribution in [0.5, 0.6) is 0 Å². The number of nitriles is 1. The summed E-state index contributed by atoms with van der Waals surface area (Å²) in [4.78, 5) is 25.7. The Morgan fingerprint density at radius 1 is 1.18 bits per heavy atom. The first kappa shape index (κ1) is 17.4. The molecule has 0 atom stereocenters. The SMILES string of the molecule is COC(=O)c1ccnc(-c2cccc(C)n2)c1-c1ccc2ncc(C#N)n2c1. The van der Waals surface area contributed by atoms with E-state index in [1.807, 2.05) is 31.2 Å². The molecule has 28 heavy (non-hydrogen) atoms. The van der Waals surface area contributed by atoms with Crippen LogP contribution >= 0.6 is 0 Å². The van der Waals surface area contributed by atoms with E-state index in [4.69, 9.17) is 4.74 Å². The van der Waals surface area contributed by atoms with Gasteiger partial charge in [0.15, 0.2) is 0 Å². The Morgan fingerprint density at radius 3 is 2.79 bits per heavy atom. The normalized spacial score (nSPS) is 10.6. The number of rotatable bonds is 3. The minimum atomic E-state index is -0.475. The van der Waals surface area contributed by atoms with E-state index in [0.29, 0.717) is 39.4 Å². The number of fused-ring (bicyclic) bond motifs is 1. The highest BCUT2D eigenvalue weighted by Crippen LogP contribution is 2.33. The van der Waals surface area contributed by atoms with E-state index >= 15 is 0 Å². The molecule has 0 aliphatic carbocycles. The molecule has 0 spiro atoms. The second kappa shape index (κ2) is 6.93. The van der Waals surface area contributed by atoms with Gasteiger partial charge in [-0.3, -0.25) is 14.4 Å². The quantitative estimate of drug-likeness (QED) is 0.514. The van der Waals surface area contributed by atoms with Crippen LogP contribution in [-0.2, 0) is 4.74 Å². The molecule has 0 unspecified atom stereocenters. The number of nitrogens with zero attached hydrogens (tertiary/aromatic N) is 5. The number of aromatic nitrogens is 4. The Hall–Kier alpha value is -4.05. The number of carbonyl (C=O) groups is 1. The largest absolute Gasteiger partial charge is 0.465 e. The molecule has 0 amide bonds. The second-order valence-electron chi connectivity index (χ2n) is 6.14. The van der Waals surface area contributed by atoms with Crippen molar-refractivity contribution in [2.24, 2.45) is 0 Å². The maximum Gasteiger partial charge on any atom is 0.338 e. The summed E-state index contributed by atoms with van der Waals surface area (Å²) in [5.74, 6) is -0.475. The third-order valence-corrected chi connectivity index (χ3v) is 4.40. The summed E-state index contributed by atoms with van der Waals surface area (Å²) < 4.78 is 6.65. The number of ether oxygens (including phenoxy) is 1. The summed E-state index contributed by atoms with van der Waals surface area (Å²) in [5, 5.41) is 9.32. The molecule has 0 saturated heterocycles. The molecule has 4 aromatic heterocycles. The predicted octanol–water partition coefficient (Wildman–Crippen LogP) is 3.43. The summed E-state index contributed by atoms with van der Waals surface area (Å²) in [6.07, 6.45) is 4.84. The first-order chi connectivity index (χ1) is 13.6. The molecule has 4 heterocycles. The molecule has 4 aromatic rings. The summed E-state index contributed by atoms with van der Waals surface area (Å²) in [7, 11) is 1.34. The number of carbonyl (C=O) groups excluding carboxylic acids is 1. The van der Waals surface area contributed by atoms with E-state index in [1.165, 1.54) is 13.3 Å². The van der Waals surface area contributed by atoms with E-state index < -0.39 is 5.97 Å². The predicted molar refractivity (Wildman–Crippen MR) is 102 cm³/mol. The van der Waals surface area contributed by atoms with Crippen molar-refractivity contribution in [2.75, 3.05) is 7.11 Å². The topological polar surface area (TPSA) is 93.2 Å². The van der Waals surface area contributed by atoms with E-state index in [-0.39, 0.29) is 0 Å². The lowest BCUT2D eigenvalue weighted by Crippen LogP contribution is -2.07. The van der Waals surface area contributed by atoms with E-state index in [9.17, 15) is 10.1 Å². The molecule has 0 fully saturated rings. The van der Waals surface area contributed by atoms with Gasteiger partial charge < -0.3 is 4.74 Å². The zero-order chi connectivity index (χ0) is 19.7.